The van der Waals surface area contributed by atoms with Crippen molar-refractivity contribution in [2.75, 3.05) is 6.54 Å². The summed E-state index contributed by atoms with van der Waals surface area (Å²) in [5, 5.41) is 2.66. The van der Waals surface area contributed by atoms with Crippen molar-refractivity contribution in [1.29, 1.82) is 0 Å². The Morgan fingerprint density at radius 1 is 0.964 bits per heavy atom. The first kappa shape index (κ1) is 20.4. The Hall–Kier alpha value is -2.37. The van der Waals surface area contributed by atoms with Crippen molar-refractivity contribution in [2.45, 2.75) is 11.0 Å². The number of rotatable bonds is 7. The highest BCUT2D eigenvalue weighted by atomic mass is 35.5. The van der Waals surface area contributed by atoms with Crippen molar-refractivity contribution in [3.8, 4) is 0 Å². The molecule has 0 saturated carbocycles. The van der Waals surface area contributed by atoms with Crippen molar-refractivity contribution in [2.24, 2.45) is 0 Å². The molecule has 144 valence electrons. The van der Waals surface area contributed by atoms with Crippen molar-refractivity contribution in [3.05, 3.63) is 106 Å². The van der Waals surface area contributed by atoms with Crippen LogP contribution in [0.5, 0.6) is 0 Å². The number of hydrogen-bond donors (Lipinski definition) is 1. The second-order valence-corrected chi connectivity index (χ2v) is 7.75. The molecule has 2 nitrogen and oxygen atoms in total. The van der Waals surface area contributed by atoms with Gasteiger partial charge in [-0.2, -0.15) is 0 Å². The van der Waals surface area contributed by atoms with Gasteiger partial charge in [-0.3, -0.25) is 4.79 Å². The molecule has 0 radical (unpaired) electrons. The molecule has 1 unspecified atom stereocenters. The van der Waals surface area contributed by atoms with Crippen LogP contribution in [0.4, 0.5) is 8.78 Å². The second-order valence-electron chi connectivity index (χ2n) is 6.15. The zero-order valence-corrected chi connectivity index (χ0v) is 16.4. The van der Waals surface area contributed by atoms with E-state index >= 15 is 0 Å². The maximum absolute atomic E-state index is 13.5. The fraction of sp³-hybridized carbons (Fsp3) is 0.136. The number of amides is 1. The molecule has 6 heteroatoms. The van der Waals surface area contributed by atoms with E-state index in [-0.39, 0.29) is 15.8 Å². The third-order valence-electron chi connectivity index (χ3n) is 4.17. The fourth-order valence-corrected chi connectivity index (χ4v) is 4.06. The Labute approximate surface area is 171 Å². The van der Waals surface area contributed by atoms with Crippen LogP contribution in [0.3, 0.4) is 0 Å². The fourth-order valence-electron chi connectivity index (χ4n) is 2.69. The van der Waals surface area contributed by atoms with Gasteiger partial charge in [-0.05, 0) is 23.3 Å². The zero-order chi connectivity index (χ0) is 19.9. The maximum Gasteiger partial charge on any atom is 0.252 e. The Morgan fingerprint density at radius 2 is 1.57 bits per heavy atom. The molecule has 0 aliphatic rings. The van der Waals surface area contributed by atoms with E-state index < -0.39 is 17.5 Å². The second kappa shape index (κ2) is 9.71. The summed E-state index contributed by atoms with van der Waals surface area (Å²) in [4.78, 5) is 12.4. The number of halogens is 3. The molecular formula is C22H18ClF2NOS. The Morgan fingerprint density at radius 3 is 2.25 bits per heavy atom. The lowest BCUT2D eigenvalue weighted by Crippen LogP contribution is -2.28. The molecule has 0 aliphatic carbocycles. The number of hydrogen-bond acceptors (Lipinski definition) is 2. The number of carbonyl (C=O) groups excluding carboxylic acids is 1. The highest BCUT2D eigenvalue weighted by molar-refractivity contribution is 7.98. The normalized spacial score (nSPS) is 11.8. The monoisotopic (exact) mass is 417 g/mol. The summed E-state index contributed by atoms with van der Waals surface area (Å²) in [5.74, 6) is -1.94. The average molecular weight is 418 g/mol. The van der Waals surface area contributed by atoms with E-state index in [0.29, 0.717) is 6.54 Å². The highest BCUT2D eigenvalue weighted by Gasteiger charge is 2.18. The number of benzene rings is 3. The standard InChI is InChI=1S/C22H18ClF2NOS/c23-18-12-20(25)19(24)11-17(18)22(27)26-13-21(16-9-5-2-6-10-16)28-14-15-7-3-1-4-8-15/h1-12,21H,13-14H2,(H,26,27). The van der Waals surface area contributed by atoms with Gasteiger partial charge in [0, 0.05) is 17.5 Å². The molecule has 3 rings (SSSR count). The zero-order valence-electron chi connectivity index (χ0n) is 14.9. The molecule has 0 fully saturated rings. The number of nitrogens with one attached hydrogen (secondary N) is 1. The molecule has 0 aromatic heterocycles. The Balaban J connectivity index is 1.71. The van der Waals surface area contributed by atoms with Crippen LogP contribution in [-0.2, 0) is 5.75 Å². The van der Waals surface area contributed by atoms with Crippen LogP contribution >= 0.6 is 23.4 Å². The minimum Gasteiger partial charge on any atom is -0.351 e. The largest absolute Gasteiger partial charge is 0.351 e. The van der Waals surface area contributed by atoms with Gasteiger partial charge in [-0.15, -0.1) is 11.8 Å². The van der Waals surface area contributed by atoms with Crippen molar-refractivity contribution < 1.29 is 13.6 Å². The van der Waals surface area contributed by atoms with Gasteiger partial charge in [0.2, 0.25) is 0 Å². The molecule has 0 aliphatic heterocycles. The first-order valence-corrected chi connectivity index (χ1v) is 10.1. The van der Waals surface area contributed by atoms with Gasteiger partial charge >= 0.3 is 0 Å². The van der Waals surface area contributed by atoms with Gasteiger partial charge < -0.3 is 5.32 Å². The van der Waals surface area contributed by atoms with Crippen LogP contribution in [0.25, 0.3) is 0 Å². The van der Waals surface area contributed by atoms with Gasteiger partial charge in [-0.25, -0.2) is 8.78 Å². The molecule has 0 saturated heterocycles. The molecule has 3 aromatic rings. The topological polar surface area (TPSA) is 29.1 Å². The minimum absolute atomic E-state index is 0.00516. The van der Waals surface area contributed by atoms with Gasteiger partial charge in [0.25, 0.3) is 5.91 Å². The molecule has 1 N–H and O–H groups in total. The molecule has 0 bridgehead atoms. The number of thioether (sulfide) groups is 1. The predicted octanol–water partition coefficient (Wildman–Crippen LogP) is 6.02. The van der Waals surface area contributed by atoms with Crippen molar-refractivity contribution >= 4 is 29.3 Å². The van der Waals surface area contributed by atoms with E-state index in [1.165, 1.54) is 5.56 Å². The van der Waals surface area contributed by atoms with Crippen LogP contribution in [0.1, 0.15) is 26.7 Å². The third-order valence-corrected chi connectivity index (χ3v) is 5.82. The molecule has 3 aromatic carbocycles. The van der Waals surface area contributed by atoms with Gasteiger partial charge in [-0.1, -0.05) is 72.3 Å². The quantitative estimate of drug-likeness (QED) is 0.476. The first-order valence-electron chi connectivity index (χ1n) is 8.68. The molecule has 0 spiro atoms. The number of carbonyl (C=O) groups is 1. The molecule has 28 heavy (non-hydrogen) atoms. The Bertz CT molecular complexity index is 938. The summed E-state index contributed by atoms with van der Waals surface area (Å²) in [6, 6.07) is 21.5. The molecular weight excluding hydrogens is 400 g/mol. The van der Waals surface area contributed by atoms with Crippen molar-refractivity contribution in [3.63, 3.8) is 0 Å². The van der Waals surface area contributed by atoms with Crippen LogP contribution in [0.15, 0.2) is 72.8 Å². The van der Waals surface area contributed by atoms with Crippen LogP contribution in [0, 0.1) is 11.6 Å². The summed E-state index contributed by atoms with van der Waals surface area (Å²) in [7, 11) is 0. The lowest BCUT2D eigenvalue weighted by atomic mass is 10.1. The van der Waals surface area contributed by atoms with Crippen LogP contribution < -0.4 is 5.32 Å². The van der Waals surface area contributed by atoms with E-state index in [1.54, 1.807) is 11.8 Å². The smallest absolute Gasteiger partial charge is 0.252 e. The summed E-state index contributed by atoms with van der Waals surface area (Å²) >= 11 is 7.59. The molecule has 0 heterocycles. The Kier molecular flexibility index (Phi) is 7.06. The van der Waals surface area contributed by atoms with E-state index in [2.05, 4.69) is 17.4 Å². The summed E-state index contributed by atoms with van der Waals surface area (Å²) in [5.41, 5.74) is 2.17. The van der Waals surface area contributed by atoms with E-state index in [9.17, 15) is 13.6 Å². The van der Waals surface area contributed by atoms with Gasteiger partial charge in [0.1, 0.15) is 0 Å². The summed E-state index contributed by atoms with van der Waals surface area (Å²) in [6.45, 7) is 0.329. The van der Waals surface area contributed by atoms with E-state index in [0.717, 1.165) is 23.4 Å². The third kappa shape index (κ3) is 5.33. The van der Waals surface area contributed by atoms with Gasteiger partial charge in [0.15, 0.2) is 11.6 Å². The highest BCUT2D eigenvalue weighted by Crippen LogP contribution is 2.31. The summed E-state index contributed by atoms with van der Waals surface area (Å²) in [6.07, 6.45) is 0. The van der Waals surface area contributed by atoms with Gasteiger partial charge in [0.05, 0.1) is 10.6 Å². The van der Waals surface area contributed by atoms with E-state index in [4.69, 9.17) is 11.6 Å². The molecule has 1 atom stereocenters. The van der Waals surface area contributed by atoms with Crippen molar-refractivity contribution in [1.82, 2.24) is 5.32 Å². The molecule has 1 amide bonds. The minimum atomic E-state index is -1.10. The lowest BCUT2D eigenvalue weighted by Gasteiger charge is -2.18. The van der Waals surface area contributed by atoms with E-state index in [1.807, 2.05) is 48.5 Å². The lowest BCUT2D eigenvalue weighted by molar-refractivity contribution is 0.0953. The SMILES string of the molecule is O=C(NCC(SCc1ccccc1)c1ccccc1)c1cc(F)c(F)cc1Cl. The van der Waals surface area contributed by atoms with Crippen LogP contribution in [-0.4, -0.2) is 12.5 Å². The first-order chi connectivity index (χ1) is 13.5. The maximum atomic E-state index is 13.5. The average Bonchev–Trinajstić information content (AvgIpc) is 2.72. The summed E-state index contributed by atoms with van der Waals surface area (Å²) < 4.78 is 26.7. The predicted molar refractivity (Wildman–Crippen MR) is 111 cm³/mol. The van der Waals surface area contributed by atoms with Crippen LogP contribution in [0.2, 0.25) is 5.02 Å².